The summed E-state index contributed by atoms with van der Waals surface area (Å²) < 4.78 is 66.0. The summed E-state index contributed by atoms with van der Waals surface area (Å²) in [4.78, 5) is 27.7. The van der Waals surface area contributed by atoms with Gasteiger partial charge in [0.25, 0.3) is 0 Å². The molecule has 0 aliphatic heterocycles. The highest BCUT2D eigenvalue weighted by Crippen LogP contribution is 2.37. The molecule has 37 heavy (non-hydrogen) atoms. The lowest BCUT2D eigenvalue weighted by molar-refractivity contribution is -0.139. The number of alkyl halides is 3. The Balaban J connectivity index is 1.92. The molecule has 0 bridgehead atoms. The zero-order valence-corrected chi connectivity index (χ0v) is 22.0. The number of rotatable bonds is 9. The van der Waals surface area contributed by atoms with Crippen molar-refractivity contribution in [1.29, 1.82) is 0 Å². The van der Waals surface area contributed by atoms with Crippen LogP contribution in [0.1, 0.15) is 43.7 Å². The number of benzene rings is 2. The maximum absolute atomic E-state index is 13.5. The van der Waals surface area contributed by atoms with Crippen LogP contribution in [0.4, 0.5) is 18.9 Å². The molecule has 1 atom stereocenters. The van der Waals surface area contributed by atoms with E-state index in [2.05, 4.69) is 5.32 Å². The fraction of sp³-hybridized carbons (Fsp3) is 0.440. The number of sulfonamides is 1. The predicted octanol–water partition coefficient (Wildman–Crippen LogP) is 4.60. The first-order valence-electron chi connectivity index (χ1n) is 11.8. The van der Waals surface area contributed by atoms with Crippen molar-refractivity contribution in [2.45, 2.75) is 57.4 Å². The molecule has 202 valence electrons. The second-order valence-corrected chi connectivity index (χ2v) is 11.4. The van der Waals surface area contributed by atoms with Crippen LogP contribution in [-0.4, -0.2) is 50.0 Å². The maximum atomic E-state index is 13.5. The minimum atomic E-state index is -4.83. The molecular formula is C25H29ClF3N3O4S. The summed E-state index contributed by atoms with van der Waals surface area (Å²) in [6.45, 7) is 0.747. The number of nitrogens with one attached hydrogen (secondary N) is 1. The molecule has 0 aromatic heterocycles. The van der Waals surface area contributed by atoms with Crippen molar-refractivity contribution in [3.63, 3.8) is 0 Å². The summed E-state index contributed by atoms with van der Waals surface area (Å²) in [5.41, 5.74) is -0.887. The number of hydrogen-bond donors (Lipinski definition) is 1. The largest absolute Gasteiger partial charge is 0.417 e. The molecule has 2 amide bonds. The zero-order valence-electron chi connectivity index (χ0n) is 20.5. The van der Waals surface area contributed by atoms with Gasteiger partial charge in [0.05, 0.1) is 22.5 Å². The molecule has 0 heterocycles. The third kappa shape index (κ3) is 7.61. The molecule has 1 N–H and O–H groups in total. The molecule has 3 rings (SSSR count). The van der Waals surface area contributed by atoms with Crippen LogP contribution in [0, 0.1) is 0 Å². The first-order valence-corrected chi connectivity index (χ1v) is 14.0. The van der Waals surface area contributed by atoms with E-state index in [1.54, 1.807) is 37.3 Å². The van der Waals surface area contributed by atoms with Gasteiger partial charge in [0.2, 0.25) is 21.8 Å². The molecule has 1 aliphatic carbocycles. The van der Waals surface area contributed by atoms with Crippen LogP contribution in [0.15, 0.2) is 48.5 Å². The second kappa shape index (κ2) is 11.7. The Morgan fingerprint density at radius 1 is 1.11 bits per heavy atom. The van der Waals surface area contributed by atoms with Gasteiger partial charge in [-0.2, -0.15) is 13.2 Å². The first-order chi connectivity index (χ1) is 17.3. The third-order valence-electron chi connectivity index (χ3n) is 6.29. The summed E-state index contributed by atoms with van der Waals surface area (Å²) in [5.74, 6) is -1.13. The minimum absolute atomic E-state index is 0.00491. The van der Waals surface area contributed by atoms with E-state index >= 15 is 0 Å². The van der Waals surface area contributed by atoms with Crippen molar-refractivity contribution in [3.05, 3.63) is 64.7 Å². The second-order valence-electron chi connectivity index (χ2n) is 9.10. The highest BCUT2D eigenvalue weighted by Gasteiger charge is 2.36. The predicted molar refractivity (Wildman–Crippen MR) is 135 cm³/mol. The van der Waals surface area contributed by atoms with E-state index < -0.39 is 45.3 Å². The number of hydrogen-bond acceptors (Lipinski definition) is 4. The lowest BCUT2D eigenvalue weighted by atomic mass is 10.1. The van der Waals surface area contributed by atoms with Gasteiger partial charge in [-0.15, -0.1) is 0 Å². The Bertz CT molecular complexity index is 1220. The number of carbonyl (C=O) groups excluding carboxylic acids is 2. The highest BCUT2D eigenvalue weighted by atomic mass is 35.5. The number of nitrogens with zero attached hydrogens (tertiary/aromatic N) is 2. The topological polar surface area (TPSA) is 86.8 Å². The molecule has 1 saturated carbocycles. The van der Waals surface area contributed by atoms with E-state index in [4.69, 9.17) is 11.6 Å². The number of anilines is 1. The number of amides is 2. The van der Waals surface area contributed by atoms with Crippen molar-refractivity contribution in [2.75, 3.05) is 17.1 Å². The number of carbonyl (C=O) groups is 2. The van der Waals surface area contributed by atoms with Gasteiger partial charge >= 0.3 is 6.18 Å². The lowest BCUT2D eigenvalue weighted by Gasteiger charge is -2.32. The SMILES string of the molecule is CC(C(=O)NC1CCCC1)N(Cc1ccccc1)C(=O)CN(c1ccc(Cl)c(C(F)(F)F)c1)S(C)(=O)=O. The maximum Gasteiger partial charge on any atom is 0.417 e. The van der Waals surface area contributed by atoms with Gasteiger partial charge < -0.3 is 10.2 Å². The monoisotopic (exact) mass is 559 g/mol. The van der Waals surface area contributed by atoms with Crippen LogP contribution in [0.3, 0.4) is 0 Å². The van der Waals surface area contributed by atoms with Gasteiger partial charge in [0.15, 0.2) is 0 Å². The van der Waals surface area contributed by atoms with Crippen molar-refractivity contribution >= 4 is 39.1 Å². The van der Waals surface area contributed by atoms with E-state index in [1.165, 1.54) is 4.90 Å². The van der Waals surface area contributed by atoms with E-state index in [1.807, 2.05) is 0 Å². The van der Waals surface area contributed by atoms with E-state index in [-0.39, 0.29) is 24.2 Å². The van der Waals surface area contributed by atoms with Crippen LogP contribution in [0.2, 0.25) is 5.02 Å². The Labute approximate surface area is 219 Å². The van der Waals surface area contributed by atoms with Gasteiger partial charge in [-0.25, -0.2) is 8.42 Å². The first kappa shape index (κ1) is 28.8. The molecule has 2 aromatic rings. The average molecular weight is 560 g/mol. The van der Waals surface area contributed by atoms with Crippen molar-refractivity contribution in [1.82, 2.24) is 10.2 Å². The van der Waals surface area contributed by atoms with Gasteiger partial charge in [-0.3, -0.25) is 13.9 Å². The molecular weight excluding hydrogens is 531 g/mol. The Morgan fingerprint density at radius 2 is 1.73 bits per heavy atom. The highest BCUT2D eigenvalue weighted by molar-refractivity contribution is 7.92. The van der Waals surface area contributed by atoms with E-state index in [9.17, 15) is 31.2 Å². The molecule has 1 aliphatic rings. The van der Waals surface area contributed by atoms with E-state index in [0.717, 1.165) is 44.1 Å². The minimum Gasteiger partial charge on any atom is -0.352 e. The van der Waals surface area contributed by atoms with Crippen LogP contribution >= 0.6 is 11.6 Å². The summed E-state index contributed by atoms with van der Waals surface area (Å²) in [6.07, 6.45) is -0.366. The van der Waals surface area contributed by atoms with Crippen LogP contribution in [0.25, 0.3) is 0 Å². The van der Waals surface area contributed by atoms with Gasteiger partial charge in [-0.1, -0.05) is 54.8 Å². The smallest absolute Gasteiger partial charge is 0.352 e. The Morgan fingerprint density at radius 3 is 2.30 bits per heavy atom. The zero-order chi connectivity index (χ0) is 27.4. The number of halogens is 4. The molecule has 12 heteroatoms. The van der Waals surface area contributed by atoms with E-state index in [0.29, 0.717) is 15.9 Å². The van der Waals surface area contributed by atoms with Gasteiger partial charge in [0.1, 0.15) is 12.6 Å². The van der Waals surface area contributed by atoms with Crippen LogP contribution in [0.5, 0.6) is 0 Å². The summed E-state index contributed by atoms with van der Waals surface area (Å²) in [7, 11) is -4.18. The van der Waals surface area contributed by atoms with Gasteiger partial charge in [0, 0.05) is 12.6 Å². The quantitative estimate of drug-likeness (QED) is 0.486. The Kier molecular flexibility index (Phi) is 9.12. The Hall–Kier alpha value is -2.79. The standard InChI is InChI=1S/C25H29ClF3N3O4S/c1-17(24(34)30-19-10-6-7-11-19)31(15-18-8-4-3-5-9-18)23(33)16-32(37(2,35)36)20-12-13-22(26)21(14-20)25(27,28)29/h3-5,8-9,12-14,17,19H,6-7,10-11,15-16H2,1-2H3,(H,30,34). The summed E-state index contributed by atoms with van der Waals surface area (Å²) in [6, 6.07) is 10.5. The average Bonchev–Trinajstić information content (AvgIpc) is 3.33. The third-order valence-corrected chi connectivity index (χ3v) is 7.76. The molecule has 1 fully saturated rings. The van der Waals surface area contributed by atoms with Gasteiger partial charge in [-0.05, 0) is 43.5 Å². The molecule has 1 unspecified atom stereocenters. The summed E-state index contributed by atoms with van der Waals surface area (Å²) >= 11 is 5.68. The van der Waals surface area contributed by atoms with Crippen molar-refractivity contribution in [3.8, 4) is 0 Å². The van der Waals surface area contributed by atoms with Crippen LogP contribution < -0.4 is 9.62 Å². The van der Waals surface area contributed by atoms with Crippen molar-refractivity contribution < 1.29 is 31.2 Å². The fourth-order valence-corrected chi connectivity index (χ4v) is 5.32. The van der Waals surface area contributed by atoms with Crippen molar-refractivity contribution in [2.24, 2.45) is 0 Å². The lowest BCUT2D eigenvalue weighted by Crippen LogP contribution is -2.52. The molecule has 0 radical (unpaired) electrons. The summed E-state index contributed by atoms with van der Waals surface area (Å²) in [5, 5.41) is 2.34. The molecule has 7 nitrogen and oxygen atoms in total. The fourth-order valence-electron chi connectivity index (χ4n) is 4.25. The molecule has 2 aromatic carbocycles. The molecule has 0 spiro atoms. The normalized spacial score (nSPS) is 15.3. The van der Waals surface area contributed by atoms with Crippen LogP contribution in [-0.2, 0) is 32.3 Å². The molecule has 0 saturated heterocycles.